The molecular weight excluding hydrogens is 412 g/mol. The summed E-state index contributed by atoms with van der Waals surface area (Å²) in [6, 6.07) is 15.1. The summed E-state index contributed by atoms with van der Waals surface area (Å²) in [4.78, 5) is 37.7. The van der Waals surface area contributed by atoms with Gasteiger partial charge in [-0.15, -0.1) is 0 Å². The zero-order chi connectivity index (χ0) is 19.4. The summed E-state index contributed by atoms with van der Waals surface area (Å²) in [6.07, 6.45) is 0.119. The van der Waals surface area contributed by atoms with Crippen molar-refractivity contribution in [3.8, 4) is 0 Å². The lowest BCUT2D eigenvalue weighted by atomic mass is 9.92. The molecule has 0 radical (unpaired) electrons. The van der Waals surface area contributed by atoms with Gasteiger partial charge >= 0.3 is 5.97 Å². The van der Waals surface area contributed by atoms with Gasteiger partial charge in [0.15, 0.2) is 6.04 Å². The Morgan fingerprint density at radius 3 is 2.44 bits per heavy atom. The first-order valence-electron chi connectivity index (χ1n) is 8.61. The van der Waals surface area contributed by atoms with E-state index in [2.05, 4.69) is 21.4 Å². The Bertz CT molecular complexity index is 839. The van der Waals surface area contributed by atoms with E-state index in [9.17, 15) is 14.4 Å². The SMILES string of the molecule is CCOC(=O)[C@H]1[C@H](c2ccccc2)CC(=O)N1NC(=O)c1ccc(Br)cc1. The average Bonchev–Trinajstić information content (AvgIpc) is 2.99. The number of hydrogen-bond acceptors (Lipinski definition) is 4. The molecule has 2 aromatic rings. The van der Waals surface area contributed by atoms with Crippen LogP contribution in [0.25, 0.3) is 0 Å². The Labute approximate surface area is 165 Å². The molecule has 0 spiro atoms. The quantitative estimate of drug-likeness (QED) is 0.739. The number of ether oxygens (including phenoxy) is 1. The molecule has 27 heavy (non-hydrogen) atoms. The number of nitrogens with one attached hydrogen (secondary N) is 1. The first-order valence-corrected chi connectivity index (χ1v) is 9.40. The highest BCUT2D eigenvalue weighted by molar-refractivity contribution is 9.10. The summed E-state index contributed by atoms with van der Waals surface area (Å²) >= 11 is 3.31. The van der Waals surface area contributed by atoms with E-state index in [1.807, 2.05) is 30.3 Å². The average molecular weight is 431 g/mol. The standard InChI is InChI=1S/C20H19BrN2O4/c1-2-27-20(26)18-16(13-6-4-3-5-7-13)12-17(24)23(18)22-19(25)14-8-10-15(21)11-9-14/h3-11,16,18H,2,12H2,1H3,(H,22,25)/t16-,18+/m0/s1. The molecule has 2 amide bonds. The van der Waals surface area contributed by atoms with E-state index in [1.54, 1.807) is 31.2 Å². The van der Waals surface area contributed by atoms with E-state index in [1.165, 1.54) is 0 Å². The van der Waals surface area contributed by atoms with Gasteiger partial charge in [0.25, 0.3) is 5.91 Å². The van der Waals surface area contributed by atoms with E-state index in [0.717, 1.165) is 15.0 Å². The monoisotopic (exact) mass is 430 g/mol. The first kappa shape index (κ1) is 19.1. The lowest BCUT2D eigenvalue weighted by Gasteiger charge is -2.26. The van der Waals surface area contributed by atoms with Crippen LogP contribution in [0.3, 0.4) is 0 Å². The highest BCUT2D eigenvalue weighted by Crippen LogP contribution is 2.34. The van der Waals surface area contributed by atoms with Crippen molar-refractivity contribution >= 4 is 33.7 Å². The molecule has 2 aromatic carbocycles. The predicted octanol–water partition coefficient (Wildman–Crippen LogP) is 3.04. The highest BCUT2D eigenvalue weighted by atomic mass is 79.9. The molecule has 7 heteroatoms. The van der Waals surface area contributed by atoms with Crippen molar-refractivity contribution in [1.29, 1.82) is 0 Å². The number of amides is 2. The van der Waals surface area contributed by atoms with E-state index >= 15 is 0 Å². The van der Waals surface area contributed by atoms with Gasteiger partial charge in [-0.25, -0.2) is 9.80 Å². The molecule has 1 aliphatic heterocycles. The third-order valence-corrected chi connectivity index (χ3v) is 4.94. The second kappa shape index (κ2) is 8.35. The number of rotatable bonds is 5. The molecule has 0 aliphatic carbocycles. The molecule has 1 heterocycles. The first-order chi connectivity index (χ1) is 13.0. The number of halogens is 1. The fourth-order valence-corrected chi connectivity index (χ4v) is 3.40. The highest BCUT2D eigenvalue weighted by Gasteiger charge is 2.47. The zero-order valence-electron chi connectivity index (χ0n) is 14.7. The van der Waals surface area contributed by atoms with Crippen molar-refractivity contribution in [3.63, 3.8) is 0 Å². The molecule has 1 fully saturated rings. The second-order valence-electron chi connectivity index (χ2n) is 6.13. The van der Waals surface area contributed by atoms with Crippen LogP contribution < -0.4 is 5.43 Å². The smallest absolute Gasteiger partial charge is 0.331 e. The molecule has 0 aromatic heterocycles. The molecule has 1 saturated heterocycles. The van der Waals surface area contributed by atoms with Crippen LogP contribution in [0.15, 0.2) is 59.1 Å². The maximum atomic E-state index is 12.6. The van der Waals surface area contributed by atoms with Crippen LogP contribution in [-0.4, -0.2) is 35.4 Å². The largest absolute Gasteiger partial charge is 0.464 e. The third kappa shape index (κ3) is 4.19. The minimum Gasteiger partial charge on any atom is -0.464 e. The Hall–Kier alpha value is -2.67. The molecular formula is C20H19BrN2O4. The third-order valence-electron chi connectivity index (χ3n) is 4.41. The van der Waals surface area contributed by atoms with Crippen molar-refractivity contribution in [2.24, 2.45) is 0 Å². The summed E-state index contributed by atoms with van der Waals surface area (Å²) in [7, 11) is 0. The van der Waals surface area contributed by atoms with Crippen molar-refractivity contribution < 1.29 is 19.1 Å². The summed E-state index contributed by atoms with van der Waals surface area (Å²) in [5.74, 6) is -1.71. The number of carbonyl (C=O) groups excluding carboxylic acids is 3. The lowest BCUT2D eigenvalue weighted by Crippen LogP contribution is -2.52. The van der Waals surface area contributed by atoms with E-state index in [4.69, 9.17) is 4.74 Å². The number of carbonyl (C=O) groups is 3. The molecule has 3 rings (SSSR count). The van der Waals surface area contributed by atoms with Gasteiger partial charge in [-0.3, -0.25) is 15.0 Å². The fourth-order valence-electron chi connectivity index (χ4n) is 3.14. The minimum atomic E-state index is -0.903. The minimum absolute atomic E-state index is 0.119. The van der Waals surface area contributed by atoms with Gasteiger partial charge in [-0.2, -0.15) is 0 Å². The molecule has 6 nitrogen and oxygen atoms in total. The number of hydrogen-bond donors (Lipinski definition) is 1. The Kier molecular flexibility index (Phi) is 5.91. The van der Waals surface area contributed by atoms with Crippen LogP contribution in [-0.2, 0) is 14.3 Å². The van der Waals surface area contributed by atoms with Gasteiger partial charge in [-0.05, 0) is 36.8 Å². The fraction of sp³-hybridized carbons (Fsp3) is 0.250. The van der Waals surface area contributed by atoms with E-state index in [0.29, 0.717) is 5.56 Å². The predicted molar refractivity (Wildman–Crippen MR) is 103 cm³/mol. The van der Waals surface area contributed by atoms with Gasteiger partial charge in [0.1, 0.15) is 0 Å². The van der Waals surface area contributed by atoms with Crippen LogP contribution in [0.4, 0.5) is 0 Å². The number of esters is 1. The molecule has 0 unspecified atom stereocenters. The number of hydrazine groups is 1. The summed E-state index contributed by atoms with van der Waals surface area (Å²) in [5, 5.41) is 1.11. The van der Waals surface area contributed by atoms with Crippen molar-refractivity contribution in [1.82, 2.24) is 10.4 Å². The number of benzene rings is 2. The Morgan fingerprint density at radius 1 is 1.15 bits per heavy atom. The molecule has 0 saturated carbocycles. The normalized spacial score (nSPS) is 19.0. The maximum absolute atomic E-state index is 12.6. The Balaban J connectivity index is 1.87. The van der Waals surface area contributed by atoms with Gasteiger partial charge in [-0.1, -0.05) is 46.3 Å². The Morgan fingerprint density at radius 2 is 1.81 bits per heavy atom. The van der Waals surface area contributed by atoms with Crippen molar-refractivity contribution in [3.05, 3.63) is 70.2 Å². The molecule has 2 atom stereocenters. The van der Waals surface area contributed by atoms with E-state index < -0.39 is 17.9 Å². The molecule has 1 N–H and O–H groups in total. The van der Waals surface area contributed by atoms with Crippen molar-refractivity contribution in [2.75, 3.05) is 6.61 Å². The van der Waals surface area contributed by atoms with Crippen LogP contribution in [0.5, 0.6) is 0 Å². The second-order valence-corrected chi connectivity index (χ2v) is 7.05. The van der Waals surface area contributed by atoms with Gasteiger partial charge in [0.05, 0.1) is 6.61 Å². The lowest BCUT2D eigenvalue weighted by molar-refractivity contribution is -0.153. The van der Waals surface area contributed by atoms with E-state index in [-0.39, 0.29) is 24.9 Å². The number of nitrogens with zero attached hydrogens (tertiary/aromatic N) is 1. The summed E-state index contributed by atoms with van der Waals surface area (Å²) in [6.45, 7) is 1.90. The molecule has 0 bridgehead atoms. The van der Waals surface area contributed by atoms with Crippen LogP contribution in [0.2, 0.25) is 0 Å². The van der Waals surface area contributed by atoms with Gasteiger partial charge in [0, 0.05) is 22.4 Å². The van der Waals surface area contributed by atoms with Crippen LogP contribution >= 0.6 is 15.9 Å². The topological polar surface area (TPSA) is 75.7 Å². The zero-order valence-corrected chi connectivity index (χ0v) is 16.3. The van der Waals surface area contributed by atoms with Gasteiger partial charge < -0.3 is 4.74 Å². The summed E-state index contributed by atoms with van der Waals surface area (Å²) < 4.78 is 6.01. The van der Waals surface area contributed by atoms with Crippen molar-refractivity contribution in [2.45, 2.75) is 25.3 Å². The van der Waals surface area contributed by atoms with Crippen LogP contribution in [0, 0.1) is 0 Å². The van der Waals surface area contributed by atoms with Gasteiger partial charge in [0.2, 0.25) is 5.91 Å². The summed E-state index contributed by atoms with van der Waals surface area (Å²) in [5.41, 5.74) is 3.82. The molecule has 140 valence electrons. The maximum Gasteiger partial charge on any atom is 0.331 e. The van der Waals surface area contributed by atoms with Crippen LogP contribution in [0.1, 0.15) is 35.2 Å². The molecule has 1 aliphatic rings.